The van der Waals surface area contributed by atoms with E-state index >= 15 is 0 Å². The lowest BCUT2D eigenvalue weighted by atomic mass is 10.2. The van der Waals surface area contributed by atoms with Gasteiger partial charge in [-0.3, -0.25) is 9.59 Å². The molecule has 0 radical (unpaired) electrons. The van der Waals surface area contributed by atoms with Gasteiger partial charge in [-0.2, -0.15) is 0 Å². The van der Waals surface area contributed by atoms with Gasteiger partial charge in [0.1, 0.15) is 5.52 Å². The number of aromatic nitrogens is 3. The van der Waals surface area contributed by atoms with Crippen LogP contribution in [0.4, 0.5) is 0 Å². The van der Waals surface area contributed by atoms with Crippen LogP contribution in [0.1, 0.15) is 10.4 Å². The molecule has 0 aliphatic carbocycles. The average molecular weight is 360 g/mol. The minimum absolute atomic E-state index is 0.0506. The summed E-state index contributed by atoms with van der Waals surface area (Å²) in [6.45, 7) is 0.807. The van der Waals surface area contributed by atoms with Crippen molar-refractivity contribution in [2.75, 3.05) is 6.54 Å². The van der Waals surface area contributed by atoms with Gasteiger partial charge in [0.05, 0.1) is 0 Å². The third kappa shape index (κ3) is 3.29. The van der Waals surface area contributed by atoms with Gasteiger partial charge in [0.15, 0.2) is 0 Å². The molecule has 27 heavy (non-hydrogen) atoms. The van der Waals surface area contributed by atoms with Crippen molar-refractivity contribution in [2.45, 2.75) is 6.54 Å². The number of carbonyl (C=O) groups is 1. The molecule has 3 aromatic heterocycles. The van der Waals surface area contributed by atoms with Gasteiger partial charge in [0.2, 0.25) is 0 Å². The van der Waals surface area contributed by atoms with E-state index in [1.807, 2.05) is 71.2 Å². The van der Waals surface area contributed by atoms with Gasteiger partial charge in [-0.25, -0.2) is 0 Å². The minimum atomic E-state index is -0.151. The molecule has 0 bridgehead atoms. The van der Waals surface area contributed by atoms with Gasteiger partial charge < -0.3 is 19.0 Å². The Hall–Kier alpha value is -3.54. The van der Waals surface area contributed by atoms with Crippen molar-refractivity contribution in [2.24, 2.45) is 7.05 Å². The van der Waals surface area contributed by atoms with Crippen molar-refractivity contribution >= 4 is 16.8 Å². The monoisotopic (exact) mass is 360 g/mol. The largest absolute Gasteiger partial charge is 0.350 e. The van der Waals surface area contributed by atoms with Crippen molar-refractivity contribution in [3.63, 3.8) is 0 Å². The predicted octanol–water partition coefficient (Wildman–Crippen LogP) is 2.56. The highest BCUT2D eigenvalue weighted by molar-refractivity contribution is 5.94. The second-order valence-electron chi connectivity index (χ2n) is 6.44. The Morgan fingerprint density at radius 2 is 1.67 bits per heavy atom. The van der Waals surface area contributed by atoms with Crippen LogP contribution in [0.2, 0.25) is 0 Å². The molecule has 0 saturated carbocycles. The fraction of sp³-hybridized carbons (Fsp3) is 0.143. The number of nitrogens with zero attached hydrogens (tertiary/aromatic N) is 3. The summed E-state index contributed by atoms with van der Waals surface area (Å²) in [5, 5.41) is 3.79. The molecular weight excluding hydrogens is 340 g/mol. The molecule has 4 aromatic rings. The van der Waals surface area contributed by atoms with Crippen LogP contribution in [0.3, 0.4) is 0 Å². The Morgan fingerprint density at radius 1 is 0.963 bits per heavy atom. The van der Waals surface area contributed by atoms with Crippen LogP contribution >= 0.6 is 0 Å². The summed E-state index contributed by atoms with van der Waals surface area (Å²) in [5.74, 6) is -0.151. The Balaban J connectivity index is 1.40. The number of nitrogens with one attached hydrogen (secondary N) is 1. The smallest absolute Gasteiger partial charge is 0.275 e. The Kier molecular flexibility index (Phi) is 4.38. The maximum atomic E-state index is 12.5. The summed E-state index contributed by atoms with van der Waals surface area (Å²) in [6, 6.07) is 15.1. The van der Waals surface area contributed by atoms with Gasteiger partial charge >= 0.3 is 0 Å². The summed E-state index contributed by atoms with van der Waals surface area (Å²) in [6.07, 6.45) is 7.55. The van der Waals surface area contributed by atoms with Gasteiger partial charge in [-0.1, -0.05) is 0 Å². The number of hydrogen-bond donors (Lipinski definition) is 1. The summed E-state index contributed by atoms with van der Waals surface area (Å²) in [5.41, 5.74) is 2.21. The van der Waals surface area contributed by atoms with E-state index in [9.17, 15) is 9.59 Å². The highest BCUT2D eigenvalue weighted by Gasteiger charge is 2.08. The number of rotatable bonds is 5. The summed E-state index contributed by atoms with van der Waals surface area (Å²) >= 11 is 0. The summed E-state index contributed by atoms with van der Waals surface area (Å²) in [7, 11) is 1.85. The van der Waals surface area contributed by atoms with Crippen molar-refractivity contribution in [1.29, 1.82) is 0 Å². The number of benzene rings is 1. The standard InChI is InChI=1S/C21H20N4O2/c1-23-13-8-16-9-14-25(21(27)19(16)23)15-10-22-20(26)17-4-6-18(7-5-17)24-11-2-3-12-24/h2-9,11-14H,10,15H2,1H3,(H,22,26). The Bertz CT molecular complexity index is 1140. The zero-order valence-corrected chi connectivity index (χ0v) is 15.0. The zero-order valence-electron chi connectivity index (χ0n) is 15.0. The van der Waals surface area contributed by atoms with Gasteiger partial charge in [-0.15, -0.1) is 0 Å². The minimum Gasteiger partial charge on any atom is -0.350 e. The third-order valence-electron chi connectivity index (χ3n) is 4.67. The van der Waals surface area contributed by atoms with Crippen molar-refractivity contribution in [3.8, 4) is 5.69 Å². The quantitative estimate of drug-likeness (QED) is 0.595. The highest BCUT2D eigenvalue weighted by Crippen LogP contribution is 2.11. The molecule has 6 nitrogen and oxygen atoms in total. The van der Waals surface area contributed by atoms with E-state index in [0.29, 0.717) is 24.2 Å². The fourth-order valence-corrected chi connectivity index (χ4v) is 3.19. The van der Waals surface area contributed by atoms with Crippen molar-refractivity contribution < 1.29 is 4.79 Å². The first-order chi connectivity index (χ1) is 13.1. The first-order valence-electron chi connectivity index (χ1n) is 8.79. The average Bonchev–Trinajstić information content (AvgIpc) is 3.34. The lowest BCUT2D eigenvalue weighted by molar-refractivity contribution is 0.0952. The maximum Gasteiger partial charge on any atom is 0.275 e. The third-order valence-corrected chi connectivity index (χ3v) is 4.67. The van der Waals surface area contributed by atoms with Crippen LogP contribution in [-0.2, 0) is 13.6 Å². The molecule has 4 rings (SSSR count). The van der Waals surface area contributed by atoms with Crippen LogP contribution < -0.4 is 10.9 Å². The first-order valence-corrected chi connectivity index (χ1v) is 8.79. The van der Waals surface area contributed by atoms with Crippen LogP contribution in [0.5, 0.6) is 0 Å². The number of pyridine rings is 1. The molecule has 3 heterocycles. The van der Waals surface area contributed by atoms with E-state index in [2.05, 4.69) is 5.32 Å². The van der Waals surface area contributed by atoms with Crippen LogP contribution in [0.15, 0.2) is 78.1 Å². The summed E-state index contributed by atoms with van der Waals surface area (Å²) < 4.78 is 5.42. The number of amides is 1. The SMILES string of the molecule is Cn1ccc2ccn(CCNC(=O)c3ccc(-n4cccc4)cc3)c(=O)c21. The molecule has 1 N–H and O–H groups in total. The lowest BCUT2D eigenvalue weighted by Gasteiger charge is -2.09. The molecule has 1 amide bonds. The van der Waals surface area contributed by atoms with E-state index in [4.69, 9.17) is 0 Å². The molecule has 0 spiro atoms. The Morgan fingerprint density at radius 3 is 2.41 bits per heavy atom. The molecule has 0 saturated heterocycles. The van der Waals surface area contributed by atoms with Crippen molar-refractivity contribution in [1.82, 2.24) is 19.0 Å². The van der Waals surface area contributed by atoms with Crippen molar-refractivity contribution in [3.05, 3.63) is 89.2 Å². The molecule has 0 aliphatic rings. The van der Waals surface area contributed by atoms with E-state index in [0.717, 1.165) is 11.1 Å². The van der Waals surface area contributed by atoms with Crippen LogP contribution in [0, 0.1) is 0 Å². The number of hydrogen-bond acceptors (Lipinski definition) is 2. The number of aryl methyl sites for hydroxylation is 1. The van der Waals surface area contributed by atoms with Gasteiger partial charge in [-0.05, 0) is 48.5 Å². The summed E-state index contributed by atoms with van der Waals surface area (Å²) in [4.78, 5) is 24.9. The fourth-order valence-electron chi connectivity index (χ4n) is 3.19. The normalized spacial score (nSPS) is 11.0. The molecule has 136 valence electrons. The molecule has 0 unspecified atom stereocenters. The molecule has 1 aromatic carbocycles. The second-order valence-corrected chi connectivity index (χ2v) is 6.44. The van der Waals surface area contributed by atoms with Crippen LogP contribution in [0.25, 0.3) is 16.6 Å². The molecular formula is C21H20N4O2. The van der Waals surface area contributed by atoms with E-state index < -0.39 is 0 Å². The van der Waals surface area contributed by atoms with Gasteiger partial charge in [0.25, 0.3) is 11.5 Å². The predicted molar refractivity (Wildman–Crippen MR) is 105 cm³/mol. The van der Waals surface area contributed by atoms with E-state index in [1.165, 1.54) is 0 Å². The van der Waals surface area contributed by atoms with E-state index in [1.54, 1.807) is 22.9 Å². The number of carbonyl (C=O) groups excluding carboxylic acids is 1. The second kappa shape index (κ2) is 6.99. The van der Waals surface area contributed by atoms with Crippen LogP contribution in [-0.4, -0.2) is 26.2 Å². The zero-order chi connectivity index (χ0) is 18.8. The maximum absolute atomic E-state index is 12.5. The molecule has 0 fully saturated rings. The molecule has 0 aliphatic heterocycles. The van der Waals surface area contributed by atoms with E-state index in [-0.39, 0.29) is 11.5 Å². The van der Waals surface area contributed by atoms with Gasteiger partial charge in [0, 0.05) is 61.6 Å². The Labute approximate surface area is 156 Å². The highest BCUT2D eigenvalue weighted by atomic mass is 16.1. The lowest BCUT2D eigenvalue weighted by Crippen LogP contribution is -2.31. The number of fused-ring (bicyclic) bond motifs is 1. The molecule has 6 heteroatoms. The first kappa shape index (κ1) is 16.9. The molecule has 0 atom stereocenters. The topological polar surface area (TPSA) is 61.0 Å².